The molecule has 0 spiro atoms. The molecular weight excluding hydrogens is 276 g/mol. The van der Waals surface area contributed by atoms with Gasteiger partial charge in [0.05, 0.1) is 11.2 Å². The molecule has 1 aliphatic rings. The number of halogens is 1. The number of nitrogens with zero attached hydrogens (tertiary/aromatic N) is 4. The van der Waals surface area contributed by atoms with E-state index in [4.69, 9.17) is 11.6 Å². The summed E-state index contributed by atoms with van der Waals surface area (Å²) in [6, 6.07) is 0.394. The van der Waals surface area contributed by atoms with Gasteiger partial charge in [0.1, 0.15) is 5.82 Å². The number of aromatic nitrogens is 2. The van der Waals surface area contributed by atoms with Gasteiger partial charge < -0.3 is 9.80 Å². The number of likely N-dealkylation sites (N-methyl/N-ethyl adjacent to an activating group) is 1. The number of amides is 1. The average molecular weight is 297 g/mol. The zero-order chi connectivity index (χ0) is 14.9. The zero-order valence-corrected chi connectivity index (χ0v) is 13.2. The molecular formula is C14H21ClN4O. The Kier molecular flexibility index (Phi) is 4.60. The average Bonchev–Trinajstić information content (AvgIpc) is 2.85. The molecule has 1 amide bonds. The monoisotopic (exact) mass is 296 g/mol. The van der Waals surface area contributed by atoms with Crippen molar-refractivity contribution in [3.05, 3.63) is 22.7 Å². The van der Waals surface area contributed by atoms with E-state index in [0.29, 0.717) is 28.5 Å². The number of carbonyl (C=O) groups excluding carboxylic acids is 1. The second-order valence-electron chi connectivity index (χ2n) is 5.52. The Bertz CT molecular complexity index is 506. The third-order valence-electron chi connectivity index (χ3n) is 3.95. The van der Waals surface area contributed by atoms with Crippen molar-refractivity contribution in [2.24, 2.45) is 5.92 Å². The fourth-order valence-corrected chi connectivity index (χ4v) is 2.93. The molecule has 0 aromatic carbocycles. The smallest absolute Gasteiger partial charge is 0.274 e. The quantitative estimate of drug-likeness (QED) is 0.854. The SMILES string of the molecule is CC[C@H]1CN(C(=O)c2nc(C)ncc2Cl)C[C@H]1N(C)C. The number of hydrogen-bond acceptors (Lipinski definition) is 4. The third kappa shape index (κ3) is 2.94. The summed E-state index contributed by atoms with van der Waals surface area (Å²) in [4.78, 5) is 24.8. The number of likely N-dealkylation sites (tertiary alicyclic amines) is 1. The van der Waals surface area contributed by atoms with Crippen LogP contribution in [0.1, 0.15) is 29.7 Å². The first-order valence-electron chi connectivity index (χ1n) is 6.88. The molecule has 1 aromatic heterocycles. The van der Waals surface area contributed by atoms with E-state index >= 15 is 0 Å². The van der Waals surface area contributed by atoms with Gasteiger partial charge in [-0.15, -0.1) is 0 Å². The Hall–Kier alpha value is -1.20. The standard InChI is InChI=1S/C14H21ClN4O/c1-5-10-7-19(8-12(10)18(3)4)14(20)13-11(15)6-16-9(2)17-13/h6,10,12H,5,7-8H2,1-4H3/t10-,12+/m0/s1. The topological polar surface area (TPSA) is 49.3 Å². The zero-order valence-electron chi connectivity index (χ0n) is 12.4. The van der Waals surface area contributed by atoms with Crippen molar-refractivity contribution in [1.82, 2.24) is 19.8 Å². The summed E-state index contributed by atoms with van der Waals surface area (Å²) in [6.07, 6.45) is 2.55. The van der Waals surface area contributed by atoms with Gasteiger partial charge in [-0.2, -0.15) is 0 Å². The van der Waals surface area contributed by atoms with Gasteiger partial charge in [0, 0.05) is 19.1 Å². The molecule has 0 saturated carbocycles. The lowest BCUT2D eigenvalue weighted by molar-refractivity contribution is 0.0775. The van der Waals surface area contributed by atoms with Gasteiger partial charge in [0.25, 0.3) is 5.91 Å². The third-order valence-corrected chi connectivity index (χ3v) is 4.23. The Morgan fingerprint density at radius 2 is 2.20 bits per heavy atom. The van der Waals surface area contributed by atoms with Crippen LogP contribution in [-0.2, 0) is 0 Å². The van der Waals surface area contributed by atoms with Crippen molar-refractivity contribution in [3.63, 3.8) is 0 Å². The summed E-state index contributed by atoms with van der Waals surface area (Å²) in [7, 11) is 4.12. The first-order valence-corrected chi connectivity index (χ1v) is 7.26. The highest BCUT2D eigenvalue weighted by molar-refractivity contribution is 6.33. The summed E-state index contributed by atoms with van der Waals surface area (Å²) in [5, 5.41) is 0.321. The molecule has 1 saturated heterocycles. The van der Waals surface area contributed by atoms with E-state index in [1.807, 2.05) is 4.90 Å². The van der Waals surface area contributed by atoms with Gasteiger partial charge in [-0.05, 0) is 26.9 Å². The second-order valence-corrected chi connectivity index (χ2v) is 5.93. The summed E-state index contributed by atoms with van der Waals surface area (Å²) >= 11 is 6.06. The maximum Gasteiger partial charge on any atom is 0.274 e. The molecule has 0 radical (unpaired) electrons. The van der Waals surface area contributed by atoms with Gasteiger partial charge in [0.15, 0.2) is 5.69 Å². The molecule has 1 aromatic rings. The van der Waals surface area contributed by atoms with E-state index < -0.39 is 0 Å². The Morgan fingerprint density at radius 3 is 2.75 bits per heavy atom. The van der Waals surface area contributed by atoms with Gasteiger partial charge in [-0.1, -0.05) is 24.9 Å². The molecule has 110 valence electrons. The van der Waals surface area contributed by atoms with E-state index in [9.17, 15) is 4.79 Å². The molecule has 2 rings (SSSR count). The van der Waals surface area contributed by atoms with Crippen molar-refractivity contribution in [2.75, 3.05) is 27.2 Å². The maximum absolute atomic E-state index is 12.6. The number of carbonyl (C=O) groups is 1. The summed E-state index contributed by atoms with van der Waals surface area (Å²) in [5.41, 5.74) is 0.313. The maximum atomic E-state index is 12.6. The molecule has 6 heteroatoms. The molecule has 2 atom stereocenters. The minimum Gasteiger partial charge on any atom is -0.335 e. The molecule has 1 fully saturated rings. The van der Waals surface area contributed by atoms with Gasteiger partial charge >= 0.3 is 0 Å². The lowest BCUT2D eigenvalue weighted by Gasteiger charge is -2.23. The van der Waals surface area contributed by atoms with Crippen molar-refractivity contribution >= 4 is 17.5 Å². The highest BCUT2D eigenvalue weighted by atomic mass is 35.5. The first kappa shape index (κ1) is 15.2. The summed E-state index contributed by atoms with van der Waals surface area (Å²) in [6.45, 7) is 5.41. The van der Waals surface area contributed by atoms with Crippen LogP contribution >= 0.6 is 11.6 Å². The van der Waals surface area contributed by atoms with E-state index in [1.54, 1.807) is 6.92 Å². The number of rotatable bonds is 3. The Morgan fingerprint density at radius 1 is 1.50 bits per heavy atom. The van der Waals surface area contributed by atoms with Gasteiger partial charge in [-0.25, -0.2) is 9.97 Å². The molecule has 1 aliphatic heterocycles. The number of hydrogen-bond donors (Lipinski definition) is 0. The van der Waals surface area contributed by atoms with Crippen molar-refractivity contribution in [1.29, 1.82) is 0 Å². The van der Waals surface area contributed by atoms with E-state index in [1.165, 1.54) is 6.20 Å². The summed E-state index contributed by atoms with van der Waals surface area (Å²) < 4.78 is 0. The van der Waals surface area contributed by atoms with Crippen molar-refractivity contribution in [3.8, 4) is 0 Å². The van der Waals surface area contributed by atoms with Crippen LogP contribution in [0.25, 0.3) is 0 Å². The van der Waals surface area contributed by atoms with Crippen LogP contribution in [-0.4, -0.2) is 58.9 Å². The molecule has 5 nitrogen and oxygen atoms in total. The normalized spacial score (nSPS) is 22.6. The molecule has 0 N–H and O–H groups in total. The van der Waals surface area contributed by atoms with E-state index in [0.717, 1.165) is 19.5 Å². The molecule has 0 unspecified atom stereocenters. The van der Waals surface area contributed by atoms with Crippen LogP contribution in [0, 0.1) is 12.8 Å². The number of aryl methyl sites for hydroxylation is 1. The molecule has 0 aliphatic carbocycles. The fourth-order valence-electron chi connectivity index (χ4n) is 2.76. The fraction of sp³-hybridized carbons (Fsp3) is 0.643. The van der Waals surface area contributed by atoms with Gasteiger partial charge in [-0.3, -0.25) is 4.79 Å². The minimum absolute atomic E-state index is 0.0942. The Labute approximate surface area is 124 Å². The first-order chi connectivity index (χ1) is 9.43. The van der Waals surface area contributed by atoms with Crippen LogP contribution < -0.4 is 0 Å². The van der Waals surface area contributed by atoms with Gasteiger partial charge in [0.2, 0.25) is 0 Å². The predicted octanol–water partition coefficient (Wildman–Crippen LogP) is 1.85. The second kappa shape index (κ2) is 6.06. The van der Waals surface area contributed by atoms with Crippen LogP contribution in [0.3, 0.4) is 0 Å². The van der Waals surface area contributed by atoms with Crippen LogP contribution in [0.4, 0.5) is 0 Å². The molecule has 2 heterocycles. The van der Waals surface area contributed by atoms with Crippen LogP contribution in [0.2, 0.25) is 5.02 Å². The van der Waals surface area contributed by atoms with E-state index in [2.05, 4.69) is 35.9 Å². The highest BCUT2D eigenvalue weighted by Gasteiger charge is 2.36. The predicted molar refractivity (Wildman–Crippen MR) is 78.9 cm³/mol. The van der Waals surface area contributed by atoms with Crippen molar-refractivity contribution in [2.45, 2.75) is 26.3 Å². The lowest BCUT2D eigenvalue weighted by Crippen LogP contribution is -2.36. The minimum atomic E-state index is -0.0942. The van der Waals surface area contributed by atoms with Crippen LogP contribution in [0.5, 0.6) is 0 Å². The molecule has 0 bridgehead atoms. The van der Waals surface area contributed by atoms with Crippen molar-refractivity contribution < 1.29 is 4.79 Å². The largest absolute Gasteiger partial charge is 0.335 e. The summed E-state index contributed by atoms with van der Waals surface area (Å²) in [5.74, 6) is 0.965. The lowest BCUT2D eigenvalue weighted by atomic mass is 10.0. The Balaban J connectivity index is 2.20. The highest BCUT2D eigenvalue weighted by Crippen LogP contribution is 2.25. The van der Waals surface area contributed by atoms with E-state index in [-0.39, 0.29) is 5.91 Å². The van der Waals surface area contributed by atoms with Crippen LogP contribution in [0.15, 0.2) is 6.20 Å². The molecule has 20 heavy (non-hydrogen) atoms.